The Labute approximate surface area is 131 Å². The van der Waals surface area contributed by atoms with Crippen LogP contribution in [0.5, 0.6) is 11.5 Å². The lowest BCUT2D eigenvalue weighted by Gasteiger charge is -2.16. The van der Waals surface area contributed by atoms with E-state index in [1.54, 1.807) is 37.4 Å². The molecule has 21 heavy (non-hydrogen) atoms. The fourth-order valence-electron chi connectivity index (χ4n) is 2.12. The lowest BCUT2D eigenvalue weighted by molar-refractivity contribution is 0.172. The van der Waals surface area contributed by atoms with Gasteiger partial charge in [-0.2, -0.15) is 0 Å². The monoisotopic (exact) mass is 354 g/mol. The smallest absolute Gasteiger partial charge is 0.126 e. The zero-order chi connectivity index (χ0) is 15.4. The molecule has 0 amide bonds. The van der Waals surface area contributed by atoms with E-state index in [1.165, 1.54) is 13.2 Å². The summed E-state index contributed by atoms with van der Waals surface area (Å²) in [7, 11) is 3.07. The molecule has 0 radical (unpaired) electrons. The summed E-state index contributed by atoms with van der Waals surface area (Å²) in [5, 5.41) is 10.4. The van der Waals surface area contributed by atoms with Gasteiger partial charge in [-0.05, 0) is 42.0 Å². The number of halogens is 2. The molecule has 0 saturated carbocycles. The second-order valence-electron chi connectivity index (χ2n) is 4.56. The molecule has 0 aliphatic heterocycles. The number of rotatable bonds is 5. The van der Waals surface area contributed by atoms with Crippen LogP contribution in [0.3, 0.4) is 0 Å². The van der Waals surface area contributed by atoms with Crippen molar-refractivity contribution in [2.24, 2.45) is 0 Å². The molecule has 0 bridgehead atoms. The molecule has 0 saturated heterocycles. The average molecular weight is 355 g/mol. The number of aliphatic hydroxyl groups is 1. The third-order valence-corrected chi connectivity index (χ3v) is 3.71. The van der Waals surface area contributed by atoms with Gasteiger partial charge < -0.3 is 14.6 Å². The Hall–Kier alpha value is -1.59. The molecule has 0 spiro atoms. The standard InChI is InChI=1S/C16H16BrFO3/c1-20-12-4-6-16(21-2)13(9-12)15(19)8-10-7-11(17)3-5-14(10)18/h3-7,9,15,19H,8H2,1-2H3. The fourth-order valence-corrected chi connectivity index (χ4v) is 2.53. The number of aliphatic hydroxyl groups excluding tert-OH is 1. The molecule has 0 aliphatic rings. The van der Waals surface area contributed by atoms with E-state index in [0.717, 1.165) is 4.47 Å². The topological polar surface area (TPSA) is 38.7 Å². The zero-order valence-corrected chi connectivity index (χ0v) is 13.4. The van der Waals surface area contributed by atoms with Crippen molar-refractivity contribution in [3.63, 3.8) is 0 Å². The molecule has 0 aliphatic carbocycles. The van der Waals surface area contributed by atoms with Gasteiger partial charge in [0.05, 0.1) is 20.3 Å². The highest BCUT2D eigenvalue weighted by Crippen LogP contribution is 2.32. The van der Waals surface area contributed by atoms with Crippen LogP contribution in [0.2, 0.25) is 0 Å². The fraction of sp³-hybridized carbons (Fsp3) is 0.250. The van der Waals surface area contributed by atoms with E-state index in [9.17, 15) is 9.50 Å². The number of ether oxygens (including phenoxy) is 2. The first kappa shape index (κ1) is 15.8. The summed E-state index contributed by atoms with van der Waals surface area (Å²) < 4.78 is 24.9. The Morgan fingerprint density at radius 2 is 1.90 bits per heavy atom. The molecule has 2 aromatic rings. The van der Waals surface area contributed by atoms with Crippen molar-refractivity contribution >= 4 is 15.9 Å². The highest BCUT2D eigenvalue weighted by atomic mass is 79.9. The van der Waals surface area contributed by atoms with Crippen LogP contribution in [0.25, 0.3) is 0 Å². The minimum atomic E-state index is -0.890. The van der Waals surface area contributed by atoms with Crippen LogP contribution in [0.15, 0.2) is 40.9 Å². The maximum absolute atomic E-state index is 13.8. The lowest BCUT2D eigenvalue weighted by atomic mass is 10.00. The average Bonchev–Trinajstić information content (AvgIpc) is 2.50. The van der Waals surface area contributed by atoms with Gasteiger partial charge in [-0.25, -0.2) is 4.39 Å². The Morgan fingerprint density at radius 1 is 1.14 bits per heavy atom. The molecule has 2 rings (SSSR count). The summed E-state index contributed by atoms with van der Waals surface area (Å²) in [5.41, 5.74) is 0.998. The Morgan fingerprint density at radius 3 is 2.57 bits per heavy atom. The Bertz CT molecular complexity index is 631. The van der Waals surface area contributed by atoms with Gasteiger partial charge >= 0.3 is 0 Å². The first-order valence-corrected chi connectivity index (χ1v) is 7.18. The SMILES string of the molecule is COc1ccc(OC)c(C(O)Cc2cc(Br)ccc2F)c1. The van der Waals surface area contributed by atoms with Gasteiger partial charge in [-0.1, -0.05) is 15.9 Å². The van der Waals surface area contributed by atoms with Crippen LogP contribution in [0, 0.1) is 5.82 Å². The number of benzene rings is 2. The second kappa shape index (κ2) is 6.91. The molecule has 1 N–H and O–H groups in total. The maximum Gasteiger partial charge on any atom is 0.126 e. The van der Waals surface area contributed by atoms with Crippen LogP contribution in [0.4, 0.5) is 4.39 Å². The summed E-state index contributed by atoms with van der Waals surface area (Å²) in [4.78, 5) is 0. The molecule has 112 valence electrons. The lowest BCUT2D eigenvalue weighted by Crippen LogP contribution is -2.06. The molecular formula is C16H16BrFO3. The van der Waals surface area contributed by atoms with Crippen molar-refractivity contribution in [2.75, 3.05) is 14.2 Å². The quantitative estimate of drug-likeness (QED) is 0.885. The molecular weight excluding hydrogens is 339 g/mol. The molecule has 0 heterocycles. The van der Waals surface area contributed by atoms with Crippen LogP contribution in [0.1, 0.15) is 17.2 Å². The van der Waals surface area contributed by atoms with E-state index in [4.69, 9.17) is 9.47 Å². The minimum absolute atomic E-state index is 0.148. The van der Waals surface area contributed by atoms with Gasteiger partial charge in [-0.3, -0.25) is 0 Å². The highest BCUT2D eigenvalue weighted by molar-refractivity contribution is 9.10. The second-order valence-corrected chi connectivity index (χ2v) is 5.48. The third-order valence-electron chi connectivity index (χ3n) is 3.22. The number of hydrogen-bond donors (Lipinski definition) is 1. The maximum atomic E-state index is 13.8. The third kappa shape index (κ3) is 3.74. The predicted octanol–water partition coefficient (Wildman–Crippen LogP) is 3.88. The normalized spacial score (nSPS) is 12.0. The Balaban J connectivity index is 2.31. The van der Waals surface area contributed by atoms with Crippen molar-refractivity contribution in [2.45, 2.75) is 12.5 Å². The summed E-state index contributed by atoms with van der Waals surface area (Å²) >= 11 is 3.30. The molecule has 1 unspecified atom stereocenters. The van der Waals surface area contributed by atoms with Gasteiger partial charge in [-0.15, -0.1) is 0 Å². The van der Waals surface area contributed by atoms with E-state index in [1.807, 2.05) is 0 Å². The zero-order valence-electron chi connectivity index (χ0n) is 11.8. The summed E-state index contributed by atoms with van der Waals surface area (Å²) in [6.07, 6.45) is -0.742. The van der Waals surface area contributed by atoms with Crippen LogP contribution < -0.4 is 9.47 Å². The largest absolute Gasteiger partial charge is 0.497 e. The number of hydrogen-bond acceptors (Lipinski definition) is 3. The van der Waals surface area contributed by atoms with E-state index < -0.39 is 6.10 Å². The van der Waals surface area contributed by atoms with Gasteiger partial charge in [0.2, 0.25) is 0 Å². The summed E-state index contributed by atoms with van der Waals surface area (Å²) in [6, 6.07) is 9.81. The molecule has 2 aromatic carbocycles. The molecule has 0 aromatic heterocycles. The van der Waals surface area contributed by atoms with Crippen molar-refractivity contribution < 1.29 is 19.0 Å². The van der Waals surface area contributed by atoms with E-state index in [2.05, 4.69) is 15.9 Å². The molecule has 0 fully saturated rings. The van der Waals surface area contributed by atoms with E-state index in [0.29, 0.717) is 22.6 Å². The van der Waals surface area contributed by atoms with E-state index >= 15 is 0 Å². The van der Waals surface area contributed by atoms with Crippen molar-refractivity contribution in [3.05, 3.63) is 57.8 Å². The molecule has 5 heteroatoms. The van der Waals surface area contributed by atoms with Crippen molar-refractivity contribution in [1.82, 2.24) is 0 Å². The van der Waals surface area contributed by atoms with E-state index in [-0.39, 0.29) is 12.2 Å². The molecule has 3 nitrogen and oxygen atoms in total. The molecule has 1 atom stereocenters. The summed E-state index contributed by atoms with van der Waals surface area (Å²) in [6.45, 7) is 0. The van der Waals surface area contributed by atoms with Crippen molar-refractivity contribution in [3.8, 4) is 11.5 Å². The first-order valence-electron chi connectivity index (χ1n) is 6.39. The van der Waals surface area contributed by atoms with Gasteiger partial charge in [0, 0.05) is 16.5 Å². The van der Waals surface area contributed by atoms with Gasteiger partial charge in [0.25, 0.3) is 0 Å². The van der Waals surface area contributed by atoms with Gasteiger partial charge in [0.15, 0.2) is 0 Å². The predicted molar refractivity (Wildman–Crippen MR) is 82.3 cm³/mol. The van der Waals surface area contributed by atoms with Crippen LogP contribution in [-0.4, -0.2) is 19.3 Å². The first-order chi connectivity index (χ1) is 10.0. The van der Waals surface area contributed by atoms with Crippen LogP contribution >= 0.6 is 15.9 Å². The van der Waals surface area contributed by atoms with Gasteiger partial charge in [0.1, 0.15) is 17.3 Å². The Kier molecular flexibility index (Phi) is 5.20. The number of methoxy groups -OCH3 is 2. The van der Waals surface area contributed by atoms with Crippen LogP contribution in [-0.2, 0) is 6.42 Å². The van der Waals surface area contributed by atoms with Crippen molar-refractivity contribution in [1.29, 1.82) is 0 Å². The highest BCUT2D eigenvalue weighted by Gasteiger charge is 2.17. The summed E-state index contributed by atoms with van der Waals surface area (Å²) in [5.74, 6) is 0.803. The minimum Gasteiger partial charge on any atom is -0.497 e.